The van der Waals surface area contributed by atoms with Gasteiger partial charge in [0.2, 0.25) is 0 Å². The molecule has 1 rings (SSSR count). The lowest BCUT2D eigenvalue weighted by atomic mass is 10.2. The van der Waals surface area contributed by atoms with E-state index in [1.807, 2.05) is 30.3 Å². The lowest BCUT2D eigenvalue weighted by Crippen LogP contribution is -2.22. The number of carbonyl (C=O) groups is 1. The molecule has 21 heavy (non-hydrogen) atoms. The van der Waals surface area contributed by atoms with E-state index in [9.17, 15) is 14.5 Å². The van der Waals surface area contributed by atoms with E-state index in [1.165, 1.54) is 0 Å². The normalized spacial score (nSPS) is 13.4. The van der Waals surface area contributed by atoms with Crippen LogP contribution in [0.1, 0.15) is 25.8 Å². The summed E-state index contributed by atoms with van der Waals surface area (Å²) in [6.07, 6.45) is 3.55. The highest BCUT2D eigenvalue weighted by atomic mass is 31.2. The molecular weight excluding hydrogens is 291 g/mol. The molecule has 1 atom stereocenters. The average molecular weight is 312 g/mol. The molecule has 116 valence electrons. The molecule has 0 heterocycles. The van der Waals surface area contributed by atoms with Crippen LogP contribution in [0.15, 0.2) is 36.4 Å². The fourth-order valence-corrected chi connectivity index (χ4v) is 3.64. The van der Waals surface area contributed by atoms with Gasteiger partial charge >= 0.3 is 13.6 Å². The topological polar surface area (TPSA) is 72.8 Å². The van der Waals surface area contributed by atoms with E-state index in [0.717, 1.165) is 5.56 Å². The Balaban J connectivity index is 2.84. The number of hydrogen-bond acceptors (Lipinski definition) is 4. The van der Waals surface area contributed by atoms with E-state index in [-0.39, 0.29) is 19.6 Å². The summed E-state index contributed by atoms with van der Waals surface area (Å²) in [5, 5.41) is 9.29. The second kappa shape index (κ2) is 8.78. The van der Waals surface area contributed by atoms with Gasteiger partial charge in [-0.25, -0.2) is 0 Å². The van der Waals surface area contributed by atoms with Crippen molar-refractivity contribution in [3.8, 4) is 0 Å². The van der Waals surface area contributed by atoms with Gasteiger partial charge in [-0.3, -0.25) is 9.36 Å². The molecule has 0 saturated heterocycles. The predicted octanol–water partition coefficient (Wildman–Crippen LogP) is 3.81. The van der Waals surface area contributed by atoms with Gasteiger partial charge in [0, 0.05) is 0 Å². The van der Waals surface area contributed by atoms with Gasteiger partial charge in [0.15, 0.2) is 5.66 Å². The Labute approximate surface area is 125 Å². The number of carboxylic acids is 1. The molecule has 0 spiro atoms. The number of allylic oxidation sites excluding steroid dienone is 1. The summed E-state index contributed by atoms with van der Waals surface area (Å²) in [4.78, 5) is 11.4. The summed E-state index contributed by atoms with van der Waals surface area (Å²) in [5.41, 5.74) is -0.248. The van der Waals surface area contributed by atoms with Gasteiger partial charge in [-0.15, -0.1) is 0 Å². The molecule has 0 aliphatic carbocycles. The zero-order valence-electron chi connectivity index (χ0n) is 12.3. The van der Waals surface area contributed by atoms with Crippen LogP contribution in [-0.4, -0.2) is 29.9 Å². The van der Waals surface area contributed by atoms with E-state index in [1.54, 1.807) is 26.0 Å². The second-order valence-corrected chi connectivity index (χ2v) is 6.50. The standard InChI is InChI=1S/C15H21O5P/c1-3-19-21(18,20-4-2)14(15(16)17)12-8-11-13-9-6-5-7-10-13/h5-11,14H,3-4,12H2,1-2H3,(H,16,17)/b11-8+. The third-order valence-electron chi connectivity index (χ3n) is 2.75. The van der Waals surface area contributed by atoms with Crippen LogP contribution >= 0.6 is 7.60 Å². The third kappa shape index (κ3) is 5.46. The number of hydrogen-bond donors (Lipinski definition) is 1. The molecule has 1 aromatic carbocycles. The Hall–Kier alpha value is -1.42. The lowest BCUT2D eigenvalue weighted by molar-refractivity contribution is -0.136. The van der Waals surface area contributed by atoms with Crippen LogP contribution in [0.25, 0.3) is 6.08 Å². The van der Waals surface area contributed by atoms with Crippen LogP contribution in [-0.2, 0) is 18.4 Å². The van der Waals surface area contributed by atoms with E-state index in [4.69, 9.17) is 9.05 Å². The fraction of sp³-hybridized carbons (Fsp3) is 0.400. The van der Waals surface area contributed by atoms with Gasteiger partial charge in [0.25, 0.3) is 0 Å². The summed E-state index contributed by atoms with van der Waals surface area (Å²) in [6.45, 7) is 3.60. The number of aliphatic carboxylic acids is 1. The summed E-state index contributed by atoms with van der Waals surface area (Å²) in [5.74, 6) is -1.18. The highest BCUT2D eigenvalue weighted by molar-refractivity contribution is 7.55. The SMILES string of the molecule is CCOP(=O)(OCC)C(C/C=C/c1ccccc1)C(=O)O. The minimum Gasteiger partial charge on any atom is -0.481 e. The van der Waals surface area contributed by atoms with Crippen molar-refractivity contribution in [1.82, 2.24) is 0 Å². The molecule has 5 nitrogen and oxygen atoms in total. The molecule has 6 heteroatoms. The number of rotatable bonds is 9. The van der Waals surface area contributed by atoms with Crippen molar-refractivity contribution in [1.29, 1.82) is 0 Å². The minimum absolute atomic E-state index is 0.0848. The fourth-order valence-electron chi connectivity index (χ4n) is 1.84. The van der Waals surface area contributed by atoms with Crippen LogP contribution in [0.3, 0.4) is 0 Å². The molecular formula is C15H21O5P. The number of benzene rings is 1. The molecule has 1 unspecified atom stereocenters. The molecule has 0 saturated carbocycles. The first kappa shape index (κ1) is 17.6. The van der Waals surface area contributed by atoms with Gasteiger partial charge in [-0.1, -0.05) is 42.5 Å². The van der Waals surface area contributed by atoms with Crippen LogP contribution in [0.4, 0.5) is 0 Å². The van der Waals surface area contributed by atoms with E-state index in [0.29, 0.717) is 0 Å². The quantitative estimate of drug-likeness (QED) is 0.702. The van der Waals surface area contributed by atoms with Crippen LogP contribution < -0.4 is 0 Å². The van der Waals surface area contributed by atoms with E-state index in [2.05, 4.69) is 0 Å². The Morgan fingerprint density at radius 3 is 2.29 bits per heavy atom. The maximum atomic E-state index is 12.5. The molecule has 0 bridgehead atoms. The second-order valence-electron chi connectivity index (χ2n) is 4.28. The molecule has 1 aromatic rings. The largest absolute Gasteiger partial charge is 0.481 e. The molecule has 1 N–H and O–H groups in total. The van der Waals surface area contributed by atoms with Gasteiger partial charge in [0.1, 0.15) is 0 Å². The molecule has 0 radical (unpaired) electrons. The third-order valence-corrected chi connectivity index (χ3v) is 5.19. The summed E-state index contributed by atoms with van der Waals surface area (Å²) in [7, 11) is -3.66. The maximum Gasteiger partial charge on any atom is 0.345 e. The molecule has 0 amide bonds. The summed E-state index contributed by atoms with van der Waals surface area (Å²) < 4.78 is 22.8. The zero-order chi connectivity index (χ0) is 15.7. The molecule has 0 aromatic heterocycles. The number of carboxylic acid groups (broad SMARTS) is 1. The highest BCUT2D eigenvalue weighted by Gasteiger charge is 2.40. The Morgan fingerprint density at radius 1 is 1.24 bits per heavy atom. The van der Waals surface area contributed by atoms with E-state index < -0.39 is 19.2 Å². The predicted molar refractivity (Wildman–Crippen MR) is 82.4 cm³/mol. The van der Waals surface area contributed by atoms with Gasteiger partial charge in [0.05, 0.1) is 13.2 Å². The first-order valence-electron chi connectivity index (χ1n) is 6.86. The first-order valence-corrected chi connectivity index (χ1v) is 8.47. The van der Waals surface area contributed by atoms with Crippen molar-refractivity contribution in [3.63, 3.8) is 0 Å². The van der Waals surface area contributed by atoms with Crippen molar-refractivity contribution < 1.29 is 23.5 Å². The van der Waals surface area contributed by atoms with Crippen molar-refractivity contribution >= 4 is 19.6 Å². The van der Waals surface area contributed by atoms with E-state index >= 15 is 0 Å². The van der Waals surface area contributed by atoms with Crippen molar-refractivity contribution in [2.24, 2.45) is 0 Å². The van der Waals surface area contributed by atoms with Crippen molar-refractivity contribution in [2.45, 2.75) is 25.9 Å². The van der Waals surface area contributed by atoms with Gasteiger partial charge in [-0.05, 0) is 25.8 Å². The summed E-state index contributed by atoms with van der Waals surface area (Å²) >= 11 is 0. The van der Waals surface area contributed by atoms with Crippen molar-refractivity contribution in [2.75, 3.05) is 13.2 Å². The molecule has 0 fully saturated rings. The molecule has 0 aliphatic heterocycles. The van der Waals surface area contributed by atoms with Gasteiger partial charge in [-0.2, -0.15) is 0 Å². The van der Waals surface area contributed by atoms with Gasteiger partial charge < -0.3 is 14.2 Å². The van der Waals surface area contributed by atoms with Crippen molar-refractivity contribution in [3.05, 3.63) is 42.0 Å². The smallest absolute Gasteiger partial charge is 0.345 e. The Kier molecular flexibility index (Phi) is 7.37. The Bertz CT molecular complexity index is 502. The summed E-state index contributed by atoms with van der Waals surface area (Å²) in [6, 6.07) is 9.48. The maximum absolute atomic E-state index is 12.5. The minimum atomic E-state index is -3.66. The first-order chi connectivity index (χ1) is 10.0. The Morgan fingerprint density at radius 2 is 1.81 bits per heavy atom. The monoisotopic (exact) mass is 312 g/mol. The zero-order valence-corrected chi connectivity index (χ0v) is 13.2. The van der Waals surface area contributed by atoms with Crippen LogP contribution in [0.5, 0.6) is 0 Å². The van der Waals surface area contributed by atoms with Crippen LogP contribution in [0.2, 0.25) is 0 Å². The lowest BCUT2D eigenvalue weighted by Gasteiger charge is -2.22. The molecule has 0 aliphatic rings. The van der Waals surface area contributed by atoms with Crippen LogP contribution in [0, 0.1) is 0 Å². The average Bonchev–Trinajstić information content (AvgIpc) is 2.44. The highest BCUT2D eigenvalue weighted by Crippen LogP contribution is 2.54.